The first-order chi connectivity index (χ1) is 13.1. The monoisotopic (exact) mass is 392 g/mol. The minimum atomic E-state index is -0.0989. The molecule has 2 aliphatic rings. The number of rotatable bonds is 5. The zero-order chi connectivity index (χ0) is 19.1. The molecule has 0 aromatic heterocycles. The van der Waals surface area contributed by atoms with Gasteiger partial charge in [0.2, 0.25) is 0 Å². The molecule has 0 bridgehead atoms. The van der Waals surface area contributed by atoms with Gasteiger partial charge < -0.3 is 15.8 Å². The minimum absolute atomic E-state index is 0.0989. The van der Waals surface area contributed by atoms with Crippen molar-refractivity contribution in [1.82, 2.24) is 5.32 Å². The third kappa shape index (κ3) is 6.39. The van der Waals surface area contributed by atoms with Crippen molar-refractivity contribution in [2.75, 3.05) is 6.54 Å². The molecule has 150 valence electrons. The maximum atomic E-state index is 12.7. The van der Waals surface area contributed by atoms with Gasteiger partial charge in [0.25, 0.3) is 5.91 Å². The predicted octanol–water partition coefficient (Wildman–Crippen LogP) is 5.08. The fourth-order valence-corrected chi connectivity index (χ4v) is 4.43. The van der Waals surface area contributed by atoms with E-state index in [1.165, 1.54) is 44.9 Å². The first-order valence-corrected chi connectivity index (χ1v) is 11.0. The SMILES string of the molecule is NC1CCC(Oc2ccc(Cl)c(C(=O)NCC3CCCCCCC3)c2)CC1. The quantitative estimate of drug-likeness (QED) is 0.734. The Kier molecular flexibility index (Phi) is 7.83. The van der Waals surface area contributed by atoms with Gasteiger partial charge in [-0.15, -0.1) is 0 Å². The summed E-state index contributed by atoms with van der Waals surface area (Å²) in [5.74, 6) is 1.20. The molecule has 0 atom stereocenters. The van der Waals surface area contributed by atoms with Gasteiger partial charge in [0.1, 0.15) is 5.75 Å². The molecule has 1 amide bonds. The van der Waals surface area contributed by atoms with Crippen molar-refractivity contribution in [2.45, 2.75) is 82.8 Å². The number of ether oxygens (including phenoxy) is 1. The molecule has 5 heteroatoms. The van der Waals surface area contributed by atoms with E-state index in [4.69, 9.17) is 22.1 Å². The Hall–Kier alpha value is -1.26. The number of nitrogens with two attached hydrogens (primary N) is 1. The second-order valence-corrected chi connectivity index (χ2v) is 8.62. The van der Waals surface area contributed by atoms with Crippen molar-refractivity contribution in [2.24, 2.45) is 11.7 Å². The largest absolute Gasteiger partial charge is 0.490 e. The summed E-state index contributed by atoms with van der Waals surface area (Å²) in [7, 11) is 0. The summed E-state index contributed by atoms with van der Waals surface area (Å²) in [6.07, 6.45) is 13.1. The minimum Gasteiger partial charge on any atom is -0.490 e. The fourth-order valence-electron chi connectivity index (χ4n) is 4.23. The van der Waals surface area contributed by atoms with Crippen LogP contribution in [-0.4, -0.2) is 24.6 Å². The number of benzene rings is 1. The maximum Gasteiger partial charge on any atom is 0.252 e. The Morgan fingerprint density at radius 2 is 1.70 bits per heavy atom. The van der Waals surface area contributed by atoms with Crippen LogP contribution in [0.5, 0.6) is 5.75 Å². The molecule has 1 aromatic carbocycles. The highest BCUT2D eigenvalue weighted by molar-refractivity contribution is 6.33. The molecule has 3 rings (SSSR count). The summed E-state index contributed by atoms with van der Waals surface area (Å²) in [6.45, 7) is 0.737. The van der Waals surface area contributed by atoms with E-state index in [2.05, 4.69) is 5.32 Å². The third-order valence-electron chi connectivity index (χ3n) is 5.98. The standard InChI is InChI=1S/C22H33ClN2O2/c23-21-13-12-19(27-18-10-8-17(24)9-11-18)14-20(21)22(26)25-15-16-6-4-2-1-3-5-7-16/h12-14,16-18H,1-11,15,24H2,(H,25,26). The van der Waals surface area contributed by atoms with Crippen molar-refractivity contribution in [3.8, 4) is 5.75 Å². The van der Waals surface area contributed by atoms with Crippen molar-refractivity contribution < 1.29 is 9.53 Å². The molecular weight excluding hydrogens is 360 g/mol. The molecule has 0 saturated heterocycles. The summed E-state index contributed by atoms with van der Waals surface area (Å²) in [5, 5.41) is 3.57. The molecule has 0 heterocycles. The van der Waals surface area contributed by atoms with Crippen molar-refractivity contribution in [3.05, 3.63) is 28.8 Å². The summed E-state index contributed by atoms with van der Waals surface area (Å²) >= 11 is 6.29. The maximum absolute atomic E-state index is 12.7. The Balaban J connectivity index is 1.55. The molecule has 0 unspecified atom stereocenters. The number of hydrogen-bond acceptors (Lipinski definition) is 3. The third-order valence-corrected chi connectivity index (χ3v) is 6.31. The van der Waals surface area contributed by atoms with E-state index in [-0.39, 0.29) is 12.0 Å². The lowest BCUT2D eigenvalue weighted by molar-refractivity contribution is 0.0943. The van der Waals surface area contributed by atoms with Gasteiger partial charge >= 0.3 is 0 Å². The Morgan fingerprint density at radius 3 is 2.41 bits per heavy atom. The Labute approximate surface area is 168 Å². The van der Waals surface area contributed by atoms with E-state index in [1.54, 1.807) is 12.1 Å². The lowest BCUT2D eigenvalue weighted by Crippen LogP contribution is -2.32. The van der Waals surface area contributed by atoms with Gasteiger partial charge in [0.05, 0.1) is 16.7 Å². The van der Waals surface area contributed by atoms with Gasteiger partial charge in [-0.1, -0.05) is 43.7 Å². The first kappa shape index (κ1) is 20.5. The number of amides is 1. The van der Waals surface area contributed by atoms with Crippen molar-refractivity contribution >= 4 is 17.5 Å². The van der Waals surface area contributed by atoms with E-state index in [0.717, 1.165) is 38.0 Å². The van der Waals surface area contributed by atoms with Crippen LogP contribution in [0.25, 0.3) is 0 Å². The summed E-state index contributed by atoms with van der Waals surface area (Å²) in [6, 6.07) is 5.69. The Morgan fingerprint density at radius 1 is 1.04 bits per heavy atom. The van der Waals surface area contributed by atoms with E-state index < -0.39 is 0 Å². The van der Waals surface area contributed by atoms with Crippen LogP contribution in [0.4, 0.5) is 0 Å². The molecule has 2 saturated carbocycles. The van der Waals surface area contributed by atoms with Crippen LogP contribution < -0.4 is 15.8 Å². The molecule has 0 aliphatic heterocycles. The predicted molar refractivity (Wildman–Crippen MR) is 110 cm³/mol. The smallest absolute Gasteiger partial charge is 0.252 e. The topological polar surface area (TPSA) is 64.3 Å². The fraction of sp³-hybridized carbons (Fsp3) is 0.682. The van der Waals surface area contributed by atoms with E-state index in [1.807, 2.05) is 6.07 Å². The molecule has 1 aromatic rings. The molecule has 4 nitrogen and oxygen atoms in total. The van der Waals surface area contributed by atoms with Gasteiger partial charge in [-0.3, -0.25) is 4.79 Å². The van der Waals surface area contributed by atoms with E-state index in [9.17, 15) is 4.79 Å². The molecule has 0 spiro atoms. The van der Waals surface area contributed by atoms with E-state index >= 15 is 0 Å². The van der Waals surface area contributed by atoms with Gasteiger partial charge in [0, 0.05) is 12.6 Å². The second kappa shape index (κ2) is 10.3. The van der Waals surface area contributed by atoms with Crippen LogP contribution in [0, 0.1) is 5.92 Å². The highest BCUT2D eigenvalue weighted by atomic mass is 35.5. The summed E-state index contributed by atoms with van der Waals surface area (Å²) in [4.78, 5) is 12.7. The first-order valence-electron chi connectivity index (χ1n) is 10.6. The van der Waals surface area contributed by atoms with Crippen LogP contribution in [0.2, 0.25) is 5.02 Å². The zero-order valence-electron chi connectivity index (χ0n) is 16.2. The number of hydrogen-bond donors (Lipinski definition) is 2. The Bertz CT molecular complexity index is 606. The molecule has 2 fully saturated rings. The zero-order valence-corrected chi connectivity index (χ0v) is 17.0. The van der Waals surface area contributed by atoms with Crippen molar-refractivity contribution in [1.29, 1.82) is 0 Å². The lowest BCUT2D eigenvalue weighted by Gasteiger charge is -2.27. The average molecular weight is 393 g/mol. The summed E-state index contributed by atoms with van der Waals surface area (Å²) in [5.41, 5.74) is 6.47. The van der Waals surface area contributed by atoms with Crippen LogP contribution in [0.15, 0.2) is 18.2 Å². The number of carbonyl (C=O) groups is 1. The van der Waals surface area contributed by atoms with Gasteiger partial charge in [-0.2, -0.15) is 0 Å². The van der Waals surface area contributed by atoms with E-state index in [0.29, 0.717) is 22.5 Å². The molecule has 3 N–H and O–H groups in total. The highest BCUT2D eigenvalue weighted by Gasteiger charge is 2.21. The summed E-state index contributed by atoms with van der Waals surface area (Å²) < 4.78 is 6.08. The normalized spacial score (nSPS) is 24.7. The van der Waals surface area contributed by atoms with Gasteiger partial charge in [-0.25, -0.2) is 0 Å². The molecule has 27 heavy (non-hydrogen) atoms. The molecule has 2 aliphatic carbocycles. The van der Waals surface area contributed by atoms with Crippen LogP contribution in [0.1, 0.15) is 81.0 Å². The van der Waals surface area contributed by atoms with Crippen LogP contribution in [0.3, 0.4) is 0 Å². The number of nitrogens with one attached hydrogen (secondary N) is 1. The second-order valence-electron chi connectivity index (χ2n) is 8.22. The molecular formula is C22H33ClN2O2. The number of halogens is 1. The highest BCUT2D eigenvalue weighted by Crippen LogP contribution is 2.27. The van der Waals surface area contributed by atoms with Crippen LogP contribution in [-0.2, 0) is 0 Å². The lowest BCUT2D eigenvalue weighted by atomic mass is 9.91. The van der Waals surface area contributed by atoms with Crippen LogP contribution >= 0.6 is 11.6 Å². The number of carbonyl (C=O) groups excluding carboxylic acids is 1. The van der Waals surface area contributed by atoms with Crippen molar-refractivity contribution in [3.63, 3.8) is 0 Å². The average Bonchev–Trinajstić information content (AvgIpc) is 2.64. The van der Waals surface area contributed by atoms with Gasteiger partial charge in [-0.05, 0) is 62.6 Å². The molecule has 0 radical (unpaired) electrons. The van der Waals surface area contributed by atoms with Gasteiger partial charge in [0.15, 0.2) is 0 Å².